The van der Waals surface area contributed by atoms with E-state index in [0.717, 1.165) is 29.1 Å². The Kier molecular flexibility index (Phi) is 8.76. The fourth-order valence-electron chi connectivity index (χ4n) is 3.60. The highest BCUT2D eigenvalue weighted by Crippen LogP contribution is 2.35. The molecule has 8 heteroatoms. The van der Waals surface area contributed by atoms with Gasteiger partial charge in [0.05, 0.1) is 24.8 Å². The van der Waals surface area contributed by atoms with Crippen LogP contribution in [-0.4, -0.2) is 35.1 Å². The van der Waals surface area contributed by atoms with Crippen molar-refractivity contribution < 1.29 is 22.7 Å². The maximum absolute atomic E-state index is 13.7. The third-order valence-electron chi connectivity index (χ3n) is 5.61. The number of carbonyl (C=O) groups is 1. The third-order valence-corrected chi connectivity index (χ3v) is 7.38. The van der Waals surface area contributed by atoms with Gasteiger partial charge in [-0.15, -0.1) is 0 Å². The van der Waals surface area contributed by atoms with Gasteiger partial charge in [-0.1, -0.05) is 43.2 Å². The summed E-state index contributed by atoms with van der Waals surface area (Å²) in [4.78, 5) is 13.1. The first-order valence-electron chi connectivity index (χ1n) is 11.5. The average Bonchev–Trinajstić information content (AvgIpc) is 2.86. The van der Waals surface area contributed by atoms with Crippen molar-refractivity contribution in [3.05, 3.63) is 77.9 Å². The number of hydrogen-bond donors (Lipinski definition) is 1. The zero-order chi connectivity index (χ0) is 25.4. The number of carbonyl (C=O) groups excluding carboxylic acids is 1. The number of nitrogens with one attached hydrogen (secondary N) is 1. The smallest absolute Gasteiger partial charge is 0.264 e. The number of rotatable bonds is 11. The predicted octanol–water partition coefficient (Wildman–Crippen LogP) is 5.19. The molecule has 0 saturated heterocycles. The highest BCUT2D eigenvalue weighted by Gasteiger charge is 2.30. The first-order chi connectivity index (χ1) is 16.8. The summed E-state index contributed by atoms with van der Waals surface area (Å²) in [7, 11) is -1.16. The van der Waals surface area contributed by atoms with Gasteiger partial charge < -0.3 is 14.8 Å². The first kappa shape index (κ1) is 26.1. The van der Waals surface area contributed by atoms with E-state index in [1.54, 1.807) is 30.3 Å². The number of amides is 1. The van der Waals surface area contributed by atoms with Crippen LogP contribution in [0.1, 0.15) is 30.9 Å². The lowest BCUT2D eigenvalue weighted by atomic mass is 10.1. The fraction of sp³-hybridized carbons (Fsp3) is 0.296. The van der Waals surface area contributed by atoms with Gasteiger partial charge in [0.2, 0.25) is 5.91 Å². The molecule has 0 fully saturated rings. The summed E-state index contributed by atoms with van der Waals surface area (Å²) in [6.45, 7) is 3.57. The SMILES string of the molecule is CCCCc1ccc(NC(=O)CN(c2cc(OC)ccc2OC)S(=O)(=O)c2ccc(C)cc2)cc1. The number of nitrogens with zero attached hydrogens (tertiary/aromatic N) is 1. The lowest BCUT2D eigenvalue weighted by Gasteiger charge is -2.26. The van der Waals surface area contributed by atoms with Crippen LogP contribution in [0, 0.1) is 6.92 Å². The molecule has 0 aliphatic rings. The number of anilines is 2. The van der Waals surface area contributed by atoms with Crippen LogP contribution >= 0.6 is 0 Å². The minimum absolute atomic E-state index is 0.0704. The molecule has 3 rings (SSSR count). The minimum Gasteiger partial charge on any atom is -0.497 e. The molecule has 0 spiro atoms. The van der Waals surface area contributed by atoms with Crippen LogP contribution in [0.2, 0.25) is 0 Å². The Labute approximate surface area is 207 Å². The number of benzene rings is 3. The van der Waals surface area contributed by atoms with E-state index in [9.17, 15) is 13.2 Å². The minimum atomic E-state index is -4.10. The summed E-state index contributed by atoms with van der Waals surface area (Å²) in [6.07, 6.45) is 3.18. The molecule has 0 radical (unpaired) electrons. The van der Waals surface area contributed by atoms with Crippen LogP contribution < -0.4 is 19.1 Å². The summed E-state index contributed by atoms with van der Waals surface area (Å²) in [5.74, 6) is 0.259. The Morgan fingerprint density at radius 1 is 0.943 bits per heavy atom. The van der Waals surface area contributed by atoms with Gasteiger partial charge in [0.15, 0.2) is 0 Å². The van der Waals surface area contributed by atoms with E-state index >= 15 is 0 Å². The van der Waals surface area contributed by atoms with Crippen molar-refractivity contribution in [2.24, 2.45) is 0 Å². The Bertz CT molecular complexity index is 1240. The number of sulfonamides is 1. The molecule has 7 nitrogen and oxygen atoms in total. The Hall–Kier alpha value is -3.52. The van der Waals surface area contributed by atoms with Crippen LogP contribution in [0.3, 0.4) is 0 Å². The molecular weight excluding hydrogens is 464 g/mol. The van der Waals surface area contributed by atoms with E-state index in [-0.39, 0.29) is 10.6 Å². The van der Waals surface area contributed by atoms with Crippen LogP contribution in [-0.2, 0) is 21.2 Å². The summed E-state index contributed by atoms with van der Waals surface area (Å²) in [5.41, 5.74) is 2.92. The summed E-state index contributed by atoms with van der Waals surface area (Å²) in [6, 6.07) is 18.9. The van der Waals surface area contributed by atoms with Crippen molar-refractivity contribution in [2.45, 2.75) is 38.0 Å². The topological polar surface area (TPSA) is 84.9 Å². The lowest BCUT2D eigenvalue weighted by Crippen LogP contribution is -2.38. The molecule has 1 N–H and O–H groups in total. The summed E-state index contributed by atoms with van der Waals surface area (Å²) >= 11 is 0. The van der Waals surface area contributed by atoms with Gasteiger partial charge in [-0.2, -0.15) is 0 Å². The molecule has 0 aromatic heterocycles. The average molecular weight is 497 g/mol. The van der Waals surface area contributed by atoms with E-state index in [2.05, 4.69) is 12.2 Å². The normalized spacial score (nSPS) is 11.1. The Morgan fingerprint density at radius 2 is 1.63 bits per heavy atom. The van der Waals surface area contributed by atoms with Crippen LogP contribution in [0.15, 0.2) is 71.6 Å². The molecule has 1 amide bonds. The zero-order valence-corrected chi connectivity index (χ0v) is 21.4. The molecule has 0 heterocycles. The summed E-state index contributed by atoms with van der Waals surface area (Å²) in [5, 5.41) is 2.81. The van der Waals surface area contributed by atoms with Crippen LogP contribution in [0.5, 0.6) is 11.5 Å². The molecule has 0 saturated carbocycles. The maximum Gasteiger partial charge on any atom is 0.264 e. The number of aryl methyl sites for hydroxylation is 2. The molecule has 3 aromatic rings. The molecule has 35 heavy (non-hydrogen) atoms. The molecule has 186 valence electrons. The van der Waals surface area contributed by atoms with Gasteiger partial charge >= 0.3 is 0 Å². The van der Waals surface area contributed by atoms with Crippen LogP contribution in [0.25, 0.3) is 0 Å². The van der Waals surface area contributed by atoms with E-state index in [1.807, 2.05) is 31.2 Å². The number of methoxy groups -OCH3 is 2. The van der Waals surface area contributed by atoms with Gasteiger partial charge in [0.25, 0.3) is 10.0 Å². The van der Waals surface area contributed by atoms with Crippen molar-refractivity contribution in [1.82, 2.24) is 0 Å². The molecule has 0 atom stereocenters. The maximum atomic E-state index is 13.7. The van der Waals surface area contributed by atoms with E-state index < -0.39 is 22.5 Å². The monoisotopic (exact) mass is 496 g/mol. The van der Waals surface area contributed by atoms with Gasteiger partial charge in [-0.3, -0.25) is 9.10 Å². The second kappa shape index (κ2) is 11.8. The van der Waals surface area contributed by atoms with E-state index in [0.29, 0.717) is 17.2 Å². The number of hydrogen-bond acceptors (Lipinski definition) is 5. The largest absolute Gasteiger partial charge is 0.497 e. The van der Waals surface area contributed by atoms with Crippen molar-refractivity contribution in [3.8, 4) is 11.5 Å². The highest BCUT2D eigenvalue weighted by atomic mass is 32.2. The molecular formula is C27H32N2O5S. The summed E-state index contributed by atoms with van der Waals surface area (Å²) < 4.78 is 39.2. The molecule has 0 aliphatic carbocycles. The number of ether oxygens (including phenoxy) is 2. The molecule has 0 aliphatic heterocycles. The third kappa shape index (κ3) is 6.54. The Morgan fingerprint density at radius 3 is 2.23 bits per heavy atom. The van der Waals surface area contributed by atoms with Crippen molar-refractivity contribution in [3.63, 3.8) is 0 Å². The standard InChI is InChI=1S/C27H32N2O5S/c1-5-6-7-21-10-12-22(13-11-21)28-27(30)19-29(25-18-23(33-3)14-17-26(25)34-4)35(31,32)24-15-8-20(2)9-16-24/h8-18H,5-7,19H2,1-4H3,(H,28,30). The quantitative estimate of drug-likeness (QED) is 0.395. The lowest BCUT2D eigenvalue weighted by molar-refractivity contribution is -0.114. The zero-order valence-electron chi connectivity index (χ0n) is 20.6. The van der Waals surface area contributed by atoms with Crippen molar-refractivity contribution >= 4 is 27.3 Å². The van der Waals surface area contributed by atoms with Gasteiger partial charge in [0, 0.05) is 11.8 Å². The highest BCUT2D eigenvalue weighted by molar-refractivity contribution is 7.92. The van der Waals surface area contributed by atoms with Gasteiger partial charge in [0.1, 0.15) is 18.0 Å². The fourth-order valence-corrected chi connectivity index (χ4v) is 5.02. The number of unbranched alkanes of at least 4 members (excludes halogenated alkanes) is 1. The van der Waals surface area contributed by atoms with E-state index in [4.69, 9.17) is 9.47 Å². The van der Waals surface area contributed by atoms with Crippen LogP contribution in [0.4, 0.5) is 11.4 Å². The molecule has 3 aromatic carbocycles. The Balaban J connectivity index is 1.94. The molecule has 0 unspecified atom stereocenters. The first-order valence-corrected chi connectivity index (χ1v) is 12.9. The van der Waals surface area contributed by atoms with Crippen molar-refractivity contribution in [2.75, 3.05) is 30.4 Å². The second-order valence-corrected chi connectivity index (χ2v) is 10.1. The van der Waals surface area contributed by atoms with Gasteiger partial charge in [-0.25, -0.2) is 8.42 Å². The predicted molar refractivity (Wildman–Crippen MR) is 139 cm³/mol. The van der Waals surface area contributed by atoms with E-state index in [1.165, 1.54) is 31.9 Å². The van der Waals surface area contributed by atoms with Crippen molar-refractivity contribution in [1.29, 1.82) is 0 Å². The van der Waals surface area contributed by atoms with Gasteiger partial charge in [-0.05, 0) is 61.7 Å². The second-order valence-electron chi connectivity index (χ2n) is 8.21. The molecule has 0 bridgehead atoms.